The summed E-state index contributed by atoms with van der Waals surface area (Å²) in [6, 6.07) is 2.24. The highest BCUT2D eigenvalue weighted by Crippen LogP contribution is 2.27. The van der Waals surface area contributed by atoms with Crippen molar-refractivity contribution < 1.29 is 18.7 Å². The van der Waals surface area contributed by atoms with Gasteiger partial charge in [0.15, 0.2) is 0 Å². The minimum absolute atomic E-state index is 0.180. The maximum absolute atomic E-state index is 13.3. The molecule has 15 heavy (non-hydrogen) atoms. The third-order valence-electron chi connectivity index (χ3n) is 2.02. The van der Waals surface area contributed by atoms with Crippen LogP contribution in [0.5, 0.6) is 0 Å². The van der Waals surface area contributed by atoms with Crippen LogP contribution in [0.15, 0.2) is 16.6 Å². The summed E-state index contributed by atoms with van der Waals surface area (Å²) in [6.45, 7) is 1.48. The van der Waals surface area contributed by atoms with E-state index in [-0.39, 0.29) is 12.0 Å². The summed E-state index contributed by atoms with van der Waals surface area (Å²) in [6.07, 6.45) is -0.296. The van der Waals surface area contributed by atoms with E-state index in [1.165, 1.54) is 6.92 Å². The number of halogens is 3. The Morgan fingerprint density at radius 3 is 2.33 bits per heavy atom. The topological polar surface area (TPSA) is 37.3 Å². The van der Waals surface area contributed by atoms with Gasteiger partial charge in [0.25, 0.3) is 0 Å². The van der Waals surface area contributed by atoms with Gasteiger partial charge in [-0.25, -0.2) is 8.78 Å². The zero-order valence-electron chi connectivity index (χ0n) is 7.93. The molecule has 1 atom stereocenters. The van der Waals surface area contributed by atoms with Crippen LogP contribution in [0.25, 0.3) is 0 Å². The van der Waals surface area contributed by atoms with Gasteiger partial charge >= 0.3 is 5.97 Å². The molecule has 0 spiro atoms. The number of rotatable bonds is 3. The molecule has 0 aliphatic carbocycles. The lowest BCUT2D eigenvalue weighted by Crippen LogP contribution is -2.07. The summed E-state index contributed by atoms with van der Waals surface area (Å²) in [5, 5.41) is 8.53. The Morgan fingerprint density at radius 2 is 1.93 bits per heavy atom. The van der Waals surface area contributed by atoms with E-state index in [0.717, 1.165) is 12.1 Å². The first kappa shape index (κ1) is 12.1. The van der Waals surface area contributed by atoms with E-state index >= 15 is 0 Å². The van der Waals surface area contributed by atoms with Crippen molar-refractivity contribution in [1.29, 1.82) is 0 Å². The van der Waals surface area contributed by atoms with E-state index in [1.54, 1.807) is 0 Å². The van der Waals surface area contributed by atoms with Gasteiger partial charge in [-0.15, -0.1) is 0 Å². The van der Waals surface area contributed by atoms with E-state index in [1.807, 2.05) is 0 Å². The van der Waals surface area contributed by atoms with Gasteiger partial charge in [-0.2, -0.15) is 0 Å². The highest BCUT2D eigenvalue weighted by atomic mass is 79.9. The van der Waals surface area contributed by atoms with E-state index < -0.39 is 23.5 Å². The molecule has 1 rings (SSSR count). The SMILES string of the molecule is CC(CC(=O)O)c1c(F)cc(Br)cc1F. The third kappa shape index (κ3) is 2.99. The van der Waals surface area contributed by atoms with E-state index in [2.05, 4.69) is 15.9 Å². The first-order valence-electron chi connectivity index (χ1n) is 4.28. The maximum atomic E-state index is 13.3. The van der Waals surface area contributed by atoms with Crippen LogP contribution >= 0.6 is 15.9 Å². The lowest BCUT2D eigenvalue weighted by Gasteiger charge is -2.11. The van der Waals surface area contributed by atoms with Crippen LogP contribution in [0.2, 0.25) is 0 Å². The van der Waals surface area contributed by atoms with Gasteiger partial charge in [0.1, 0.15) is 11.6 Å². The minimum atomic E-state index is -1.08. The standard InChI is InChI=1S/C10H9BrF2O2/c1-5(2-9(14)15)10-7(12)3-6(11)4-8(10)13/h3-5H,2H2,1H3,(H,14,15). The van der Waals surface area contributed by atoms with Gasteiger partial charge in [-0.05, 0) is 18.1 Å². The average Bonchev–Trinajstić information content (AvgIpc) is 1.99. The van der Waals surface area contributed by atoms with Crippen molar-refractivity contribution in [2.45, 2.75) is 19.3 Å². The van der Waals surface area contributed by atoms with E-state index in [4.69, 9.17) is 5.11 Å². The number of hydrogen-bond acceptors (Lipinski definition) is 1. The summed E-state index contributed by atoms with van der Waals surface area (Å²) < 4.78 is 27.0. The lowest BCUT2D eigenvalue weighted by atomic mass is 9.97. The summed E-state index contributed by atoms with van der Waals surface area (Å²) in [5.74, 6) is -3.22. The second-order valence-corrected chi connectivity index (χ2v) is 4.20. The van der Waals surface area contributed by atoms with E-state index in [0.29, 0.717) is 4.47 Å². The Kier molecular flexibility index (Phi) is 3.79. The Balaban J connectivity index is 3.08. The molecule has 0 radical (unpaired) electrons. The first-order valence-corrected chi connectivity index (χ1v) is 5.07. The second kappa shape index (κ2) is 4.70. The molecule has 1 N–H and O–H groups in total. The normalized spacial score (nSPS) is 12.5. The molecule has 0 aliphatic heterocycles. The van der Waals surface area contributed by atoms with E-state index in [9.17, 15) is 13.6 Å². The largest absolute Gasteiger partial charge is 0.481 e. The molecule has 1 unspecified atom stereocenters. The van der Waals surface area contributed by atoms with Gasteiger partial charge in [-0.1, -0.05) is 22.9 Å². The number of benzene rings is 1. The fourth-order valence-electron chi connectivity index (χ4n) is 1.39. The van der Waals surface area contributed by atoms with Crippen molar-refractivity contribution in [1.82, 2.24) is 0 Å². The molecule has 0 fully saturated rings. The zero-order chi connectivity index (χ0) is 11.6. The maximum Gasteiger partial charge on any atom is 0.303 e. The molecule has 1 aromatic carbocycles. The molecule has 0 saturated carbocycles. The smallest absolute Gasteiger partial charge is 0.303 e. The molecule has 82 valence electrons. The first-order chi connectivity index (χ1) is 6.91. The molecule has 0 saturated heterocycles. The molecule has 1 aromatic rings. The fraction of sp³-hybridized carbons (Fsp3) is 0.300. The summed E-state index contributed by atoms with van der Waals surface area (Å²) in [4.78, 5) is 10.4. The van der Waals surface area contributed by atoms with Gasteiger partial charge < -0.3 is 5.11 Å². The highest BCUT2D eigenvalue weighted by Gasteiger charge is 2.19. The number of aliphatic carboxylic acids is 1. The molecule has 0 heterocycles. The second-order valence-electron chi connectivity index (χ2n) is 3.28. The summed E-state index contributed by atoms with van der Waals surface area (Å²) >= 11 is 2.95. The average molecular weight is 279 g/mol. The molecule has 5 heteroatoms. The predicted molar refractivity (Wildman–Crippen MR) is 54.7 cm³/mol. The quantitative estimate of drug-likeness (QED) is 0.921. The fourth-order valence-corrected chi connectivity index (χ4v) is 1.79. The van der Waals surface area contributed by atoms with Gasteiger partial charge in [0, 0.05) is 10.0 Å². The highest BCUT2D eigenvalue weighted by molar-refractivity contribution is 9.10. The zero-order valence-corrected chi connectivity index (χ0v) is 9.51. The molecular weight excluding hydrogens is 270 g/mol. The number of carboxylic acid groups (broad SMARTS) is 1. The van der Waals surface area contributed by atoms with Gasteiger partial charge in [0.2, 0.25) is 0 Å². The van der Waals surface area contributed by atoms with Crippen LogP contribution in [0.3, 0.4) is 0 Å². The number of hydrogen-bond donors (Lipinski definition) is 1. The number of carbonyl (C=O) groups is 1. The molecule has 0 amide bonds. The van der Waals surface area contributed by atoms with Crippen LogP contribution in [0.4, 0.5) is 8.78 Å². The lowest BCUT2D eigenvalue weighted by molar-refractivity contribution is -0.137. The summed E-state index contributed by atoms with van der Waals surface area (Å²) in [5.41, 5.74) is -0.180. The summed E-state index contributed by atoms with van der Waals surface area (Å²) in [7, 11) is 0. The van der Waals surface area contributed by atoms with Crippen LogP contribution in [0.1, 0.15) is 24.8 Å². The van der Waals surface area contributed by atoms with Gasteiger partial charge in [0.05, 0.1) is 6.42 Å². The Hall–Kier alpha value is -0.970. The molecule has 0 bridgehead atoms. The van der Waals surface area contributed by atoms with Crippen molar-refractivity contribution >= 4 is 21.9 Å². The molecule has 2 nitrogen and oxygen atoms in total. The predicted octanol–water partition coefficient (Wildman–Crippen LogP) is 3.31. The number of carboxylic acids is 1. The Bertz CT molecular complexity index is 370. The van der Waals surface area contributed by atoms with Crippen LogP contribution < -0.4 is 0 Å². The van der Waals surface area contributed by atoms with Crippen molar-refractivity contribution in [3.8, 4) is 0 Å². The molecule has 0 aromatic heterocycles. The molecular formula is C10H9BrF2O2. The molecule has 0 aliphatic rings. The Morgan fingerprint density at radius 1 is 1.47 bits per heavy atom. The Labute approximate surface area is 94.0 Å². The third-order valence-corrected chi connectivity index (χ3v) is 2.48. The minimum Gasteiger partial charge on any atom is -0.481 e. The van der Waals surface area contributed by atoms with Crippen molar-refractivity contribution in [2.24, 2.45) is 0 Å². The van der Waals surface area contributed by atoms with Gasteiger partial charge in [-0.3, -0.25) is 4.79 Å². The van der Waals surface area contributed by atoms with Crippen molar-refractivity contribution in [3.05, 3.63) is 33.8 Å². The monoisotopic (exact) mass is 278 g/mol. The van der Waals surface area contributed by atoms with Crippen LogP contribution in [0, 0.1) is 11.6 Å². The van der Waals surface area contributed by atoms with Crippen molar-refractivity contribution in [3.63, 3.8) is 0 Å². The van der Waals surface area contributed by atoms with Crippen molar-refractivity contribution in [2.75, 3.05) is 0 Å². The van der Waals surface area contributed by atoms with Crippen LogP contribution in [-0.2, 0) is 4.79 Å². The van der Waals surface area contributed by atoms with Crippen LogP contribution in [-0.4, -0.2) is 11.1 Å².